The van der Waals surface area contributed by atoms with Gasteiger partial charge in [0.25, 0.3) is 0 Å². The van der Waals surface area contributed by atoms with E-state index in [0.717, 1.165) is 0 Å². The van der Waals surface area contributed by atoms with Crippen LogP contribution in [0.5, 0.6) is 0 Å². The lowest BCUT2D eigenvalue weighted by Crippen LogP contribution is -2.62. The van der Waals surface area contributed by atoms with E-state index in [1.165, 1.54) is 13.6 Å². The van der Waals surface area contributed by atoms with Gasteiger partial charge in [0.15, 0.2) is 12.5 Å². The van der Waals surface area contributed by atoms with Crippen LogP contribution in [-0.4, -0.2) is 72.3 Å². The number of rotatable bonds is 11. The SMILES string of the molecule is Cl[B][B]B(Cl)B(Cl)B(Cl)B(Cl)B(Cl)B(Cl)B(Cl)B(Cl)B(Cl)B(Cl)Cl. The van der Waals surface area contributed by atoms with E-state index in [9.17, 15) is 0 Å². The molecule has 24 heavy (non-hydrogen) atoms. The highest BCUT2D eigenvalue weighted by Crippen LogP contribution is 2.24. The molecule has 0 saturated carbocycles. The first kappa shape index (κ1) is 28.3. The third-order valence-corrected chi connectivity index (χ3v) is 9.65. The minimum absolute atomic E-state index is 0.654. The summed E-state index contributed by atoms with van der Waals surface area (Å²) in [5.74, 6) is -7.48. The monoisotopic (exact) mass is 552 g/mol. The predicted octanol–water partition coefficient (Wildman–Crippen LogP) is 3.70. The normalized spacial score (nSPS) is 9.67. The maximum absolute atomic E-state index is 6.28. The van der Waals surface area contributed by atoms with E-state index in [4.69, 9.17) is 138 Å². The first-order valence-electron chi connectivity index (χ1n) is 6.29. The molecular formula is B12Cl12. The lowest BCUT2D eigenvalue weighted by atomic mass is 8.83. The summed E-state index contributed by atoms with van der Waals surface area (Å²) in [6.07, 6.45) is 0. The summed E-state index contributed by atoms with van der Waals surface area (Å²) in [5.41, 5.74) is -0.938. The molecule has 0 N–H and O–H groups in total. The van der Waals surface area contributed by atoms with E-state index in [1.807, 2.05) is 0 Å². The smallest absolute Gasteiger partial charge is 0.216 e. The van der Waals surface area contributed by atoms with Gasteiger partial charge in [0, 0.05) is 0 Å². The van der Waals surface area contributed by atoms with E-state index < -0.39 is 58.6 Å². The summed E-state index contributed by atoms with van der Waals surface area (Å²) in [5, 5.41) is 0. The van der Waals surface area contributed by atoms with E-state index >= 15 is 0 Å². The Labute approximate surface area is 207 Å². The fraction of sp³-hybridized carbons (Fsp3) is 0. The third kappa shape index (κ3) is 8.95. The van der Waals surface area contributed by atoms with E-state index in [2.05, 4.69) is 0 Å². The second kappa shape index (κ2) is 14.3. The van der Waals surface area contributed by atoms with Crippen LogP contribution in [0.4, 0.5) is 0 Å². The van der Waals surface area contributed by atoms with Crippen LogP contribution in [0.15, 0.2) is 0 Å². The van der Waals surface area contributed by atoms with Crippen LogP contribution >= 0.6 is 138 Å². The van der Waals surface area contributed by atoms with E-state index in [0.29, 0.717) is 0 Å². The second-order valence-corrected chi connectivity index (χ2v) is 10.6. The molecule has 0 heterocycles. The van der Waals surface area contributed by atoms with Gasteiger partial charge in [0.2, 0.25) is 47.3 Å². The zero-order chi connectivity index (χ0) is 19.2. The summed E-state index contributed by atoms with van der Waals surface area (Å²) in [6.45, 7) is 1.23. The molecule has 0 aliphatic heterocycles. The van der Waals surface area contributed by atoms with Crippen molar-refractivity contribution in [1.29, 1.82) is 0 Å². The highest BCUT2D eigenvalue weighted by molar-refractivity contribution is 8.15. The van der Waals surface area contributed by atoms with Crippen molar-refractivity contribution >= 4 is 210 Å². The zero-order valence-corrected chi connectivity index (χ0v) is 20.5. The zero-order valence-electron chi connectivity index (χ0n) is 11.5. The summed E-state index contributed by atoms with van der Waals surface area (Å²) in [4.78, 5) is 0. The van der Waals surface area contributed by atoms with Crippen molar-refractivity contribution in [1.82, 2.24) is 0 Å². The van der Waals surface area contributed by atoms with Crippen LogP contribution in [0.1, 0.15) is 0 Å². The molecule has 120 valence electrons. The molecule has 0 fully saturated rings. The Bertz CT molecular complexity index is 342. The summed E-state index contributed by atoms with van der Waals surface area (Å²) in [7, 11) is 1.46. The third-order valence-electron chi connectivity index (χ3n) is 2.93. The quantitative estimate of drug-likeness (QED) is 0.342. The molecule has 0 aromatic heterocycles. The van der Waals surface area contributed by atoms with Gasteiger partial charge < -0.3 is 0 Å². The first-order valence-corrected chi connectivity index (χ1v) is 11.5. The highest BCUT2D eigenvalue weighted by Gasteiger charge is 2.54. The molecular weight excluding hydrogens is 555 g/mol. The van der Waals surface area contributed by atoms with Crippen molar-refractivity contribution in [3.05, 3.63) is 0 Å². The summed E-state index contributed by atoms with van der Waals surface area (Å²) in [6, 6.07) is 0. The van der Waals surface area contributed by atoms with Gasteiger partial charge in [-0.25, -0.2) is 115 Å². The molecule has 0 aromatic carbocycles. The fourth-order valence-electron chi connectivity index (χ4n) is 1.54. The van der Waals surface area contributed by atoms with Gasteiger partial charge in [0.05, 0.1) is 7.06 Å². The minimum atomic E-state index is -0.938. The Kier molecular flexibility index (Phi) is 16.8. The molecule has 0 saturated heterocycles. The maximum atomic E-state index is 6.28. The van der Waals surface area contributed by atoms with Gasteiger partial charge in [-0.05, 0) is 0 Å². The van der Waals surface area contributed by atoms with Crippen molar-refractivity contribution in [2.24, 2.45) is 0 Å². The van der Waals surface area contributed by atoms with Crippen molar-refractivity contribution in [3.63, 3.8) is 0 Å². The Hall–Kier alpha value is 4.26. The summed E-state index contributed by atoms with van der Waals surface area (Å²) >= 11 is 72.4. The van der Waals surface area contributed by atoms with Gasteiger partial charge in [0.1, 0.15) is 0 Å². The van der Waals surface area contributed by atoms with E-state index in [1.54, 1.807) is 0 Å². The minimum Gasteiger partial charge on any atom is -0.216 e. The molecule has 0 nitrogen and oxygen atoms in total. The van der Waals surface area contributed by atoms with Crippen molar-refractivity contribution in [2.45, 2.75) is 0 Å². The Balaban J connectivity index is 4.89. The molecule has 0 unspecified atom stereocenters. The molecule has 0 atom stereocenters. The first-order chi connectivity index (χ1) is 11.0. The average molecular weight is 555 g/mol. The van der Waals surface area contributed by atoms with Crippen LogP contribution in [0.3, 0.4) is 0 Å². The largest absolute Gasteiger partial charge is 0.329 e. The molecule has 0 amide bonds. The van der Waals surface area contributed by atoms with Crippen LogP contribution in [-0.2, 0) is 0 Å². The van der Waals surface area contributed by atoms with Crippen LogP contribution < -0.4 is 0 Å². The van der Waals surface area contributed by atoms with Gasteiger partial charge in [-0.3, -0.25) is 0 Å². The van der Waals surface area contributed by atoms with Crippen LogP contribution in [0.25, 0.3) is 0 Å². The average Bonchev–Trinajstić information content (AvgIpc) is 2.56. The molecule has 0 aliphatic carbocycles. The maximum Gasteiger partial charge on any atom is 0.329 e. The molecule has 0 spiro atoms. The number of hydrogen-bond donors (Lipinski definition) is 0. The molecule has 2 radical (unpaired) electrons. The molecule has 0 rings (SSSR count). The Morgan fingerprint density at radius 2 is 0.708 bits per heavy atom. The van der Waals surface area contributed by atoms with E-state index in [-0.39, 0.29) is 0 Å². The Morgan fingerprint density at radius 1 is 0.417 bits per heavy atom. The number of halogens is 12. The van der Waals surface area contributed by atoms with Crippen molar-refractivity contribution < 1.29 is 0 Å². The molecule has 0 aliphatic rings. The predicted molar refractivity (Wildman–Crippen MR) is 139 cm³/mol. The van der Waals surface area contributed by atoms with Gasteiger partial charge in [-0.15, -0.1) is 0 Å². The molecule has 0 aromatic rings. The van der Waals surface area contributed by atoms with Crippen molar-refractivity contribution in [2.75, 3.05) is 0 Å². The van der Waals surface area contributed by atoms with Crippen molar-refractivity contribution in [3.8, 4) is 0 Å². The summed E-state index contributed by atoms with van der Waals surface area (Å²) < 4.78 is 0. The topological polar surface area (TPSA) is 0 Å². The van der Waals surface area contributed by atoms with Crippen LogP contribution in [0.2, 0.25) is 0 Å². The van der Waals surface area contributed by atoms with Crippen LogP contribution in [0, 0.1) is 0 Å². The fourth-order valence-corrected chi connectivity index (χ4v) is 5.26. The molecule has 24 heteroatoms. The number of hydrogen-bond acceptors (Lipinski definition) is 0. The second-order valence-electron chi connectivity index (χ2n) is 4.65. The molecule has 0 bridgehead atoms. The Morgan fingerprint density at radius 3 is 1.00 bits per heavy atom. The van der Waals surface area contributed by atoms with Gasteiger partial charge >= 0.3 is 5.43 Å². The van der Waals surface area contributed by atoms with Gasteiger partial charge in [-0.1, -0.05) is 0 Å². The highest BCUT2D eigenvalue weighted by atomic mass is 35.5. The van der Waals surface area contributed by atoms with Gasteiger partial charge in [-0.2, -0.15) is 22.9 Å². The lowest BCUT2D eigenvalue weighted by Gasteiger charge is -2.22. The standard InChI is InChI=1S/B12Cl12/c13-2-1-3(14)4(15)5(16)6(17)7(18)8(19)9(20)10(21)11(22)12(23)24. The lowest BCUT2D eigenvalue weighted by molar-refractivity contribution is 3.41.